The van der Waals surface area contributed by atoms with Crippen molar-refractivity contribution in [2.24, 2.45) is 0 Å². The van der Waals surface area contributed by atoms with Crippen molar-refractivity contribution in [2.45, 2.75) is 0 Å². The minimum atomic E-state index is 0.0972. The van der Waals surface area contributed by atoms with E-state index in [0.29, 0.717) is 0 Å². The van der Waals surface area contributed by atoms with Gasteiger partial charge in [-0.2, -0.15) is 0 Å². The molecule has 0 spiro atoms. The first-order chi connectivity index (χ1) is 7.33. The van der Waals surface area contributed by atoms with Crippen LogP contribution in [0.3, 0.4) is 0 Å². The maximum Gasteiger partial charge on any atom is 0.193 e. The summed E-state index contributed by atoms with van der Waals surface area (Å²) >= 11 is 1.71. The van der Waals surface area contributed by atoms with Crippen molar-refractivity contribution in [3.05, 3.63) is 58.8 Å². The zero-order valence-electron chi connectivity index (χ0n) is 7.94. The van der Waals surface area contributed by atoms with Crippen molar-refractivity contribution in [1.82, 2.24) is 0 Å². The second kappa shape index (κ2) is 3.17. The van der Waals surface area contributed by atoms with Crippen molar-refractivity contribution in [1.29, 1.82) is 0 Å². The van der Waals surface area contributed by atoms with Gasteiger partial charge in [-0.15, -0.1) is 11.3 Å². The molecule has 0 aliphatic heterocycles. The molecule has 0 radical (unpaired) electrons. The fourth-order valence-corrected chi connectivity index (χ4v) is 2.47. The third kappa shape index (κ3) is 1.43. The molecule has 0 saturated carbocycles. The van der Waals surface area contributed by atoms with Crippen LogP contribution in [0.25, 0.3) is 20.2 Å². The maximum absolute atomic E-state index is 12.0. The van der Waals surface area contributed by atoms with E-state index < -0.39 is 0 Å². The van der Waals surface area contributed by atoms with Gasteiger partial charge in [-0.3, -0.25) is 4.79 Å². The van der Waals surface area contributed by atoms with Gasteiger partial charge < -0.3 is 0 Å². The van der Waals surface area contributed by atoms with E-state index in [-0.39, 0.29) is 5.43 Å². The molecule has 15 heavy (non-hydrogen) atoms. The van der Waals surface area contributed by atoms with E-state index in [0.717, 1.165) is 10.8 Å². The summed E-state index contributed by atoms with van der Waals surface area (Å²) in [7, 11) is 0. The van der Waals surface area contributed by atoms with Crippen LogP contribution in [-0.2, 0) is 0 Å². The van der Waals surface area contributed by atoms with Gasteiger partial charge in [-0.05, 0) is 48.5 Å². The summed E-state index contributed by atoms with van der Waals surface area (Å²) in [4.78, 5) is 12.0. The number of hydrogen-bond donors (Lipinski definition) is 0. The SMILES string of the molecule is O=c1c2ccc(cc2)sc2ccc1cc2. The summed E-state index contributed by atoms with van der Waals surface area (Å²) in [6.45, 7) is 0. The first kappa shape index (κ1) is 8.62. The second-order valence-electron chi connectivity index (χ2n) is 3.48. The summed E-state index contributed by atoms with van der Waals surface area (Å²) < 4.78 is 2.34. The van der Waals surface area contributed by atoms with Crippen LogP contribution in [0, 0.1) is 0 Å². The van der Waals surface area contributed by atoms with Gasteiger partial charge in [0.25, 0.3) is 0 Å². The largest absolute Gasteiger partial charge is 0.289 e. The van der Waals surface area contributed by atoms with Crippen molar-refractivity contribution in [3.63, 3.8) is 0 Å². The second-order valence-corrected chi connectivity index (χ2v) is 4.63. The molecule has 2 aromatic carbocycles. The summed E-state index contributed by atoms with van der Waals surface area (Å²) in [6, 6.07) is 15.5. The Morgan fingerprint density at radius 3 is 1.47 bits per heavy atom. The van der Waals surface area contributed by atoms with E-state index in [2.05, 4.69) is 0 Å². The van der Waals surface area contributed by atoms with E-state index in [1.165, 1.54) is 9.40 Å². The van der Waals surface area contributed by atoms with Crippen LogP contribution in [0.2, 0.25) is 0 Å². The zero-order valence-corrected chi connectivity index (χ0v) is 8.75. The lowest BCUT2D eigenvalue weighted by atomic mass is 10.2. The fourth-order valence-electron chi connectivity index (χ4n) is 1.65. The summed E-state index contributed by atoms with van der Waals surface area (Å²) in [5, 5.41) is 1.52. The Hall–Kier alpha value is -1.67. The van der Waals surface area contributed by atoms with Crippen molar-refractivity contribution >= 4 is 31.5 Å². The first-order valence-electron chi connectivity index (χ1n) is 4.76. The van der Waals surface area contributed by atoms with Gasteiger partial charge in [0.2, 0.25) is 0 Å². The van der Waals surface area contributed by atoms with Gasteiger partial charge in [0, 0.05) is 20.2 Å². The third-order valence-electron chi connectivity index (χ3n) is 2.47. The average Bonchev–Trinajstić information content (AvgIpc) is 2.31. The molecule has 4 aromatic heterocycles. The van der Waals surface area contributed by atoms with Gasteiger partial charge in [0.15, 0.2) is 5.43 Å². The van der Waals surface area contributed by atoms with Crippen LogP contribution >= 0.6 is 11.3 Å². The average molecular weight is 212 g/mol. The monoisotopic (exact) mass is 212 g/mol. The van der Waals surface area contributed by atoms with Gasteiger partial charge in [0.05, 0.1) is 0 Å². The Morgan fingerprint density at radius 2 is 1.07 bits per heavy atom. The highest BCUT2D eigenvalue weighted by Crippen LogP contribution is 2.17. The minimum Gasteiger partial charge on any atom is -0.289 e. The van der Waals surface area contributed by atoms with Crippen molar-refractivity contribution < 1.29 is 0 Å². The van der Waals surface area contributed by atoms with E-state index in [4.69, 9.17) is 0 Å². The smallest absolute Gasteiger partial charge is 0.193 e. The molecule has 0 fully saturated rings. The maximum atomic E-state index is 12.0. The van der Waals surface area contributed by atoms with Crippen LogP contribution in [0.15, 0.2) is 53.3 Å². The van der Waals surface area contributed by atoms with Crippen LogP contribution in [-0.4, -0.2) is 0 Å². The molecule has 0 N–H and O–H groups in total. The lowest BCUT2D eigenvalue weighted by molar-refractivity contribution is 1.73. The van der Waals surface area contributed by atoms with Crippen molar-refractivity contribution in [2.75, 3.05) is 0 Å². The Balaban J connectivity index is 2.70. The van der Waals surface area contributed by atoms with Crippen LogP contribution in [0.4, 0.5) is 0 Å². The highest BCUT2D eigenvalue weighted by atomic mass is 32.1. The molecule has 0 saturated heterocycles. The predicted molar refractivity (Wildman–Crippen MR) is 65.6 cm³/mol. The molecule has 0 aliphatic rings. The molecule has 4 heterocycles. The molecule has 1 nitrogen and oxygen atoms in total. The number of rotatable bonds is 0. The highest BCUT2D eigenvalue weighted by Gasteiger charge is 1.95. The Kier molecular flexibility index (Phi) is 1.82. The Morgan fingerprint density at radius 1 is 0.667 bits per heavy atom. The third-order valence-corrected chi connectivity index (χ3v) is 3.48. The Labute approximate surface area is 90.6 Å². The zero-order chi connectivity index (χ0) is 10.3. The molecular formula is C13H8OS. The lowest BCUT2D eigenvalue weighted by Gasteiger charge is -1.94. The summed E-state index contributed by atoms with van der Waals surface area (Å²) in [5.41, 5.74) is 0.0972. The van der Waals surface area contributed by atoms with Gasteiger partial charge in [0.1, 0.15) is 0 Å². The molecule has 4 bridgehead atoms. The minimum absolute atomic E-state index is 0.0972. The first-order valence-corrected chi connectivity index (χ1v) is 5.57. The van der Waals surface area contributed by atoms with E-state index >= 15 is 0 Å². The molecule has 0 aliphatic carbocycles. The topological polar surface area (TPSA) is 17.1 Å². The van der Waals surface area contributed by atoms with E-state index in [9.17, 15) is 4.79 Å². The number of benzene rings is 2. The summed E-state index contributed by atoms with van der Waals surface area (Å²) in [6.07, 6.45) is 0. The van der Waals surface area contributed by atoms with Gasteiger partial charge in [-0.25, -0.2) is 0 Å². The standard InChI is InChI=1S/C13H8OS/c14-13-9-1-5-11(6-2-9)15-12-7-3-10(13)4-8-12/h1-8H. The lowest BCUT2D eigenvalue weighted by Crippen LogP contribution is -1.97. The van der Waals surface area contributed by atoms with Crippen LogP contribution < -0.4 is 5.43 Å². The fraction of sp³-hybridized carbons (Fsp3) is 0. The number of hydrogen-bond acceptors (Lipinski definition) is 2. The molecule has 0 atom stereocenters. The van der Waals surface area contributed by atoms with E-state index in [1.54, 1.807) is 11.3 Å². The normalized spacial score (nSPS) is 10.9. The molecule has 6 aromatic rings. The van der Waals surface area contributed by atoms with Gasteiger partial charge >= 0.3 is 0 Å². The van der Waals surface area contributed by atoms with Crippen LogP contribution in [0.1, 0.15) is 0 Å². The molecular weight excluding hydrogens is 204 g/mol. The molecule has 72 valence electrons. The highest BCUT2D eigenvalue weighted by molar-refractivity contribution is 7.22. The van der Waals surface area contributed by atoms with Gasteiger partial charge in [-0.1, -0.05) is 0 Å². The quantitative estimate of drug-likeness (QED) is 0.558. The predicted octanol–water partition coefficient (Wildman–Crippen LogP) is 3.41. The molecule has 0 amide bonds. The van der Waals surface area contributed by atoms with Crippen LogP contribution in [0.5, 0.6) is 0 Å². The van der Waals surface area contributed by atoms with E-state index in [1.807, 2.05) is 48.5 Å². The van der Waals surface area contributed by atoms with Crippen molar-refractivity contribution in [3.8, 4) is 0 Å². The molecule has 0 unspecified atom stereocenters. The molecule has 6 rings (SSSR count). The molecule has 2 heteroatoms. The Bertz CT molecular complexity index is 600. The summed E-state index contributed by atoms with van der Waals surface area (Å²) in [5.74, 6) is 0.